The van der Waals surface area contributed by atoms with E-state index in [0.717, 1.165) is 12.8 Å². The van der Waals surface area contributed by atoms with Crippen LogP contribution in [0, 0.1) is 0 Å². The summed E-state index contributed by atoms with van der Waals surface area (Å²) in [4.78, 5) is 0. The summed E-state index contributed by atoms with van der Waals surface area (Å²) in [6, 6.07) is 20.2. The molecular formula is C23H26. The van der Waals surface area contributed by atoms with E-state index in [1.165, 1.54) is 38.6 Å². The second kappa shape index (κ2) is 6.58. The Balaban J connectivity index is 2.46. The predicted octanol–water partition coefficient (Wildman–Crippen LogP) is 6.76. The van der Waals surface area contributed by atoms with E-state index < -0.39 is 0 Å². The summed E-state index contributed by atoms with van der Waals surface area (Å²) in [5, 5.41) is 2.72. The zero-order valence-corrected chi connectivity index (χ0v) is 14.7. The van der Waals surface area contributed by atoms with E-state index in [-0.39, 0.29) is 0 Å². The molecule has 0 unspecified atom stereocenters. The Kier molecular flexibility index (Phi) is 4.52. The highest BCUT2D eigenvalue weighted by atomic mass is 14.2. The Labute approximate surface area is 140 Å². The van der Waals surface area contributed by atoms with Crippen LogP contribution in [0.25, 0.3) is 21.9 Å². The molecule has 0 N–H and O–H groups in total. The second-order valence-corrected chi connectivity index (χ2v) is 6.56. The van der Waals surface area contributed by atoms with Gasteiger partial charge in [0, 0.05) is 0 Å². The number of rotatable bonds is 4. The van der Waals surface area contributed by atoms with Crippen molar-refractivity contribution in [3.63, 3.8) is 0 Å². The molecule has 3 aromatic rings. The normalized spacial score (nSPS) is 11.3. The molecule has 0 atom stereocenters. The van der Waals surface area contributed by atoms with Gasteiger partial charge in [0.2, 0.25) is 0 Å². The summed E-state index contributed by atoms with van der Waals surface area (Å²) in [6.07, 6.45) is 2.15. The van der Waals surface area contributed by atoms with Crippen molar-refractivity contribution in [2.75, 3.05) is 0 Å². The predicted molar refractivity (Wildman–Crippen MR) is 102 cm³/mol. The fraction of sp³-hybridized carbons (Fsp3) is 0.304. The zero-order valence-electron chi connectivity index (χ0n) is 14.7. The van der Waals surface area contributed by atoms with E-state index in [4.69, 9.17) is 0 Å². The van der Waals surface area contributed by atoms with Gasteiger partial charge in [0.25, 0.3) is 0 Å². The van der Waals surface area contributed by atoms with E-state index >= 15 is 0 Å². The number of benzene rings is 3. The quantitative estimate of drug-likeness (QED) is 0.499. The lowest BCUT2D eigenvalue weighted by Crippen LogP contribution is -2.00. The van der Waals surface area contributed by atoms with Gasteiger partial charge in [-0.15, -0.1) is 0 Å². The molecule has 118 valence electrons. The first-order valence-corrected chi connectivity index (χ1v) is 8.80. The van der Waals surface area contributed by atoms with Crippen molar-refractivity contribution in [2.24, 2.45) is 0 Å². The van der Waals surface area contributed by atoms with Gasteiger partial charge in [0.15, 0.2) is 0 Å². The first-order valence-electron chi connectivity index (χ1n) is 8.80. The first kappa shape index (κ1) is 15.8. The molecule has 3 rings (SSSR count). The Morgan fingerprint density at radius 1 is 0.696 bits per heavy atom. The van der Waals surface area contributed by atoms with Gasteiger partial charge in [-0.2, -0.15) is 0 Å². The van der Waals surface area contributed by atoms with Gasteiger partial charge in [0.05, 0.1) is 0 Å². The molecule has 3 aromatic carbocycles. The zero-order chi connectivity index (χ0) is 16.4. The molecule has 0 heteroatoms. The van der Waals surface area contributed by atoms with Gasteiger partial charge in [-0.1, -0.05) is 82.3 Å². The van der Waals surface area contributed by atoms with Crippen LogP contribution in [-0.4, -0.2) is 0 Å². The fourth-order valence-electron chi connectivity index (χ4n) is 3.61. The summed E-state index contributed by atoms with van der Waals surface area (Å²) >= 11 is 0. The Bertz CT molecular complexity index is 802. The van der Waals surface area contributed by atoms with E-state index in [0.29, 0.717) is 5.92 Å². The molecule has 0 saturated carbocycles. The van der Waals surface area contributed by atoms with E-state index in [1.54, 1.807) is 0 Å². The maximum absolute atomic E-state index is 2.33. The molecule has 0 aliphatic heterocycles. The SMILES string of the molecule is CCc1cccc(CC)c1-c1c(C(C)C)ccc2ccccc12. The Morgan fingerprint density at radius 3 is 1.96 bits per heavy atom. The first-order chi connectivity index (χ1) is 11.2. The van der Waals surface area contributed by atoms with Crippen LogP contribution in [0.4, 0.5) is 0 Å². The van der Waals surface area contributed by atoms with Crippen molar-refractivity contribution in [1.29, 1.82) is 0 Å². The summed E-state index contributed by atoms with van der Waals surface area (Å²) < 4.78 is 0. The Morgan fingerprint density at radius 2 is 1.35 bits per heavy atom. The van der Waals surface area contributed by atoms with Crippen LogP contribution in [0.5, 0.6) is 0 Å². The fourth-order valence-corrected chi connectivity index (χ4v) is 3.61. The number of fused-ring (bicyclic) bond motifs is 1. The van der Waals surface area contributed by atoms with Crippen molar-refractivity contribution in [2.45, 2.75) is 46.5 Å². The van der Waals surface area contributed by atoms with E-state index in [1.807, 2.05) is 0 Å². The molecule has 0 spiro atoms. The molecule has 0 aliphatic carbocycles. The van der Waals surface area contributed by atoms with Crippen LogP contribution in [0.3, 0.4) is 0 Å². The minimum absolute atomic E-state index is 0.518. The minimum atomic E-state index is 0.518. The minimum Gasteiger partial charge on any atom is -0.0617 e. The second-order valence-electron chi connectivity index (χ2n) is 6.56. The number of hydrogen-bond acceptors (Lipinski definition) is 0. The third-order valence-electron chi connectivity index (χ3n) is 4.83. The lowest BCUT2D eigenvalue weighted by atomic mass is 9.83. The lowest BCUT2D eigenvalue weighted by molar-refractivity contribution is 0.870. The van der Waals surface area contributed by atoms with Crippen LogP contribution in [0.15, 0.2) is 54.6 Å². The molecule has 23 heavy (non-hydrogen) atoms. The van der Waals surface area contributed by atoms with Gasteiger partial charge >= 0.3 is 0 Å². The summed E-state index contributed by atoms with van der Waals surface area (Å²) in [6.45, 7) is 9.12. The average molecular weight is 302 g/mol. The van der Waals surface area contributed by atoms with Crippen LogP contribution in [0.1, 0.15) is 50.3 Å². The summed E-state index contributed by atoms with van der Waals surface area (Å²) in [7, 11) is 0. The molecule has 0 nitrogen and oxygen atoms in total. The summed E-state index contributed by atoms with van der Waals surface area (Å²) in [5.41, 5.74) is 7.30. The highest BCUT2D eigenvalue weighted by molar-refractivity contribution is 6.00. The number of aryl methyl sites for hydroxylation is 2. The standard InChI is InChI=1S/C23H26/c1-5-17-11-9-12-18(6-2)22(17)23-20(16(3)4)15-14-19-10-7-8-13-21(19)23/h7-16H,5-6H2,1-4H3. The highest BCUT2D eigenvalue weighted by Gasteiger charge is 2.17. The third-order valence-corrected chi connectivity index (χ3v) is 4.83. The third kappa shape index (κ3) is 2.79. The molecule has 0 saturated heterocycles. The topological polar surface area (TPSA) is 0 Å². The van der Waals surface area contributed by atoms with Crippen molar-refractivity contribution in [3.8, 4) is 11.1 Å². The van der Waals surface area contributed by atoms with Crippen LogP contribution in [-0.2, 0) is 12.8 Å². The maximum atomic E-state index is 2.33. The molecule has 0 bridgehead atoms. The van der Waals surface area contributed by atoms with Crippen molar-refractivity contribution in [1.82, 2.24) is 0 Å². The van der Waals surface area contributed by atoms with E-state index in [2.05, 4.69) is 82.3 Å². The Hall–Kier alpha value is -2.08. The van der Waals surface area contributed by atoms with Gasteiger partial charge in [0.1, 0.15) is 0 Å². The van der Waals surface area contributed by atoms with Gasteiger partial charge < -0.3 is 0 Å². The van der Waals surface area contributed by atoms with E-state index in [9.17, 15) is 0 Å². The van der Waals surface area contributed by atoms with Crippen molar-refractivity contribution >= 4 is 10.8 Å². The van der Waals surface area contributed by atoms with Crippen LogP contribution >= 0.6 is 0 Å². The smallest absolute Gasteiger partial charge is 0.00652 e. The molecular weight excluding hydrogens is 276 g/mol. The van der Waals surface area contributed by atoms with Gasteiger partial charge in [-0.05, 0) is 57.3 Å². The monoisotopic (exact) mass is 302 g/mol. The average Bonchev–Trinajstić information content (AvgIpc) is 2.59. The highest BCUT2D eigenvalue weighted by Crippen LogP contribution is 2.39. The molecule has 0 heterocycles. The molecule has 0 aromatic heterocycles. The van der Waals surface area contributed by atoms with Gasteiger partial charge in [-0.3, -0.25) is 0 Å². The van der Waals surface area contributed by atoms with Crippen LogP contribution in [0.2, 0.25) is 0 Å². The molecule has 0 amide bonds. The molecule has 0 fully saturated rings. The van der Waals surface area contributed by atoms with Gasteiger partial charge in [-0.25, -0.2) is 0 Å². The van der Waals surface area contributed by atoms with Crippen molar-refractivity contribution < 1.29 is 0 Å². The summed E-state index contributed by atoms with van der Waals surface area (Å²) in [5.74, 6) is 0.518. The number of hydrogen-bond donors (Lipinski definition) is 0. The maximum Gasteiger partial charge on any atom is -0.00652 e. The lowest BCUT2D eigenvalue weighted by Gasteiger charge is -2.21. The van der Waals surface area contributed by atoms with Crippen LogP contribution < -0.4 is 0 Å². The molecule has 0 aliphatic rings. The van der Waals surface area contributed by atoms with Crippen molar-refractivity contribution in [3.05, 3.63) is 71.3 Å². The molecule has 0 radical (unpaired) electrons. The largest absolute Gasteiger partial charge is 0.0617 e.